The number of nitrogens with one attached hydrogen (secondary N) is 1. The summed E-state index contributed by atoms with van der Waals surface area (Å²) in [6.07, 6.45) is 5.77. The lowest BCUT2D eigenvalue weighted by Gasteiger charge is -2.02. The molecule has 1 aliphatic rings. The number of amidine groups is 1. The highest BCUT2D eigenvalue weighted by Crippen LogP contribution is 2.31. The van der Waals surface area contributed by atoms with Crippen LogP contribution in [0.25, 0.3) is 0 Å². The molecule has 0 unspecified atom stereocenters. The Labute approximate surface area is 79.2 Å². The third kappa shape index (κ3) is 5.47. The normalized spacial score (nSPS) is 17.7. The van der Waals surface area contributed by atoms with Crippen LogP contribution >= 0.6 is 0 Å². The lowest BCUT2D eigenvalue weighted by Crippen LogP contribution is -2.19. The van der Waals surface area contributed by atoms with E-state index in [4.69, 9.17) is 10.9 Å². The molecule has 1 saturated carbocycles. The van der Waals surface area contributed by atoms with Crippen molar-refractivity contribution in [2.45, 2.75) is 32.1 Å². The SMILES string of the molecule is NC(CCCNCCC1CC1)=NO. The molecule has 4 N–H and O–H groups in total. The van der Waals surface area contributed by atoms with E-state index in [0.717, 1.165) is 25.4 Å². The van der Waals surface area contributed by atoms with Crippen molar-refractivity contribution < 1.29 is 5.21 Å². The van der Waals surface area contributed by atoms with Crippen LogP contribution in [0.2, 0.25) is 0 Å². The highest BCUT2D eigenvalue weighted by atomic mass is 16.4. The third-order valence-electron chi connectivity index (χ3n) is 2.34. The number of hydrogen-bond donors (Lipinski definition) is 3. The Morgan fingerprint density at radius 1 is 1.46 bits per heavy atom. The van der Waals surface area contributed by atoms with Crippen molar-refractivity contribution in [3.63, 3.8) is 0 Å². The first-order valence-corrected chi connectivity index (χ1v) is 5.00. The summed E-state index contributed by atoms with van der Waals surface area (Å²) in [4.78, 5) is 0. The molecule has 0 aromatic rings. The van der Waals surface area contributed by atoms with Gasteiger partial charge in [-0.3, -0.25) is 0 Å². The average Bonchev–Trinajstić information content (AvgIpc) is 2.94. The van der Waals surface area contributed by atoms with E-state index in [1.54, 1.807) is 0 Å². The van der Waals surface area contributed by atoms with Gasteiger partial charge in [0.1, 0.15) is 5.84 Å². The molecule has 0 saturated heterocycles. The van der Waals surface area contributed by atoms with Crippen molar-refractivity contribution in [3.05, 3.63) is 0 Å². The van der Waals surface area contributed by atoms with E-state index in [2.05, 4.69) is 10.5 Å². The zero-order valence-electron chi connectivity index (χ0n) is 8.00. The number of rotatable bonds is 7. The summed E-state index contributed by atoms with van der Waals surface area (Å²) in [5.41, 5.74) is 5.32. The summed E-state index contributed by atoms with van der Waals surface area (Å²) in [5.74, 6) is 1.32. The van der Waals surface area contributed by atoms with Crippen LogP contribution in [0.1, 0.15) is 32.1 Å². The Bertz CT molecular complexity index is 166. The van der Waals surface area contributed by atoms with E-state index >= 15 is 0 Å². The molecule has 76 valence electrons. The molecule has 1 rings (SSSR count). The van der Waals surface area contributed by atoms with Crippen LogP contribution < -0.4 is 11.1 Å². The van der Waals surface area contributed by atoms with Gasteiger partial charge in [-0.15, -0.1) is 0 Å². The van der Waals surface area contributed by atoms with E-state index in [1.165, 1.54) is 19.3 Å². The fourth-order valence-electron chi connectivity index (χ4n) is 1.28. The minimum absolute atomic E-state index is 0.323. The second-order valence-electron chi connectivity index (χ2n) is 3.68. The Hall–Kier alpha value is -0.770. The van der Waals surface area contributed by atoms with Gasteiger partial charge in [-0.2, -0.15) is 0 Å². The topological polar surface area (TPSA) is 70.6 Å². The Morgan fingerprint density at radius 3 is 2.85 bits per heavy atom. The van der Waals surface area contributed by atoms with Gasteiger partial charge in [0.25, 0.3) is 0 Å². The molecule has 0 spiro atoms. The van der Waals surface area contributed by atoms with Crippen LogP contribution in [0.3, 0.4) is 0 Å². The molecule has 0 bridgehead atoms. The summed E-state index contributed by atoms with van der Waals surface area (Å²) in [7, 11) is 0. The van der Waals surface area contributed by atoms with E-state index in [-0.39, 0.29) is 0 Å². The van der Waals surface area contributed by atoms with E-state index in [1.807, 2.05) is 0 Å². The van der Waals surface area contributed by atoms with Gasteiger partial charge in [0.15, 0.2) is 0 Å². The molecule has 0 aromatic heterocycles. The summed E-state index contributed by atoms with van der Waals surface area (Å²) in [5, 5.41) is 14.5. The molecule has 4 heteroatoms. The van der Waals surface area contributed by atoms with Crippen LogP contribution in [0, 0.1) is 5.92 Å². The highest BCUT2D eigenvalue weighted by Gasteiger charge is 2.19. The van der Waals surface area contributed by atoms with Crippen molar-refractivity contribution in [2.75, 3.05) is 13.1 Å². The summed E-state index contributed by atoms with van der Waals surface area (Å²) in [6, 6.07) is 0. The van der Waals surface area contributed by atoms with Crippen molar-refractivity contribution in [3.8, 4) is 0 Å². The maximum Gasteiger partial charge on any atom is 0.139 e. The predicted octanol–water partition coefficient (Wildman–Crippen LogP) is 0.903. The van der Waals surface area contributed by atoms with Gasteiger partial charge in [-0.25, -0.2) is 0 Å². The van der Waals surface area contributed by atoms with Crippen LogP contribution in [0.4, 0.5) is 0 Å². The molecular weight excluding hydrogens is 166 g/mol. The van der Waals surface area contributed by atoms with Crippen molar-refractivity contribution in [1.82, 2.24) is 5.32 Å². The lowest BCUT2D eigenvalue weighted by molar-refractivity contribution is 0.316. The van der Waals surface area contributed by atoms with E-state index in [0.29, 0.717) is 12.3 Å². The number of oxime groups is 1. The standard InChI is InChI=1S/C9H19N3O/c10-9(12-13)2-1-6-11-7-5-8-3-4-8/h8,11,13H,1-7H2,(H2,10,12). The van der Waals surface area contributed by atoms with E-state index < -0.39 is 0 Å². The first-order valence-electron chi connectivity index (χ1n) is 5.00. The Kier molecular flexibility index (Phi) is 4.60. The van der Waals surface area contributed by atoms with Crippen LogP contribution in [0.5, 0.6) is 0 Å². The molecule has 0 radical (unpaired) electrons. The van der Waals surface area contributed by atoms with Gasteiger partial charge >= 0.3 is 0 Å². The second-order valence-corrected chi connectivity index (χ2v) is 3.68. The maximum atomic E-state index is 8.26. The monoisotopic (exact) mass is 185 g/mol. The smallest absolute Gasteiger partial charge is 0.139 e. The largest absolute Gasteiger partial charge is 0.409 e. The van der Waals surface area contributed by atoms with Gasteiger partial charge in [-0.05, 0) is 31.8 Å². The van der Waals surface area contributed by atoms with Gasteiger partial charge in [0, 0.05) is 6.42 Å². The quantitative estimate of drug-likeness (QED) is 0.181. The summed E-state index contributed by atoms with van der Waals surface area (Å²) in [6.45, 7) is 2.07. The zero-order chi connectivity index (χ0) is 9.52. The first kappa shape index (κ1) is 10.3. The van der Waals surface area contributed by atoms with Crippen molar-refractivity contribution in [2.24, 2.45) is 16.8 Å². The molecule has 0 amide bonds. The minimum atomic E-state index is 0.323. The summed E-state index contributed by atoms with van der Waals surface area (Å²) >= 11 is 0. The number of nitrogens with two attached hydrogens (primary N) is 1. The zero-order valence-corrected chi connectivity index (χ0v) is 8.00. The van der Waals surface area contributed by atoms with Gasteiger partial charge in [-0.1, -0.05) is 18.0 Å². The molecule has 1 aliphatic carbocycles. The molecule has 4 nitrogen and oxygen atoms in total. The fraction of sp³-hybridized carbons (Fsp3) is 0.889. The number of hydrogen-bond acceptors (Lipinski definition) is 3. The third-order valence-corrected chi connectivity index (χ3v) is 2.34. The van der Waals surface area contributed by atoms with E-state index in [9.17, 15) is 0 Å². The van der Waals surface area contributed by atoms with Crippen LogP contribution in [-0.2, 0) is 0 Å². The second kappa shape index (κ2) is 5.80. The molecule has 0 aliphatic heterocycles. The van der Waals surface area contributed by atoms with Crippen molar-refractivity contribution >= 4 is 5.84 Å². The van der Waals surface area contributed by atoms with Crippen LogP contribution in [-0.4, -0.2) is 24.1 Å². The van der Waals surface area contributed by atoms with Gasteiger partial charge < -0.3 is 16.3 Å². The molecular formula is C9H19N3O. The van der Waals surface area contributed by atoms with Gasteiger partial charge in [0.05, 0.1) is 0 Å². The fourth-order valence-corrected chi connectivity index (χ4v) is 1.28. The highest BCUT2D eigenvalue weighted by molar-refractivity contribution is 5.79. The Balaban J connectivity index is 1.77. The van der Waals surface area contributed by atoms with Crippen molar-refractivity contribution in [1.29, 1.82) is 0 Å². The Morgan fingerprint density at radius 2 is 2.23 bits per heavy atom. The number of nitrogens with zero attached hydrogens (tertiary/aromatic N) is 1. The summed E-state index contributed by atoms with van der Waals surface area (Å²) < 4.78 is 0. The lowest BCUT2D eigenvalue weighted by atomic mass is 10.2. The molecule has 13 heavy (non-hydrogen) atoms. The molecule has 0 atom stereocenters. The molecule has 1 fully saturated rings. The predicted molar refractivity (Wildman–Crippen MR) is 52.9 cm³/mol. The molecule has 0 heterocycles. The van der Waals surface area contributed by atoms with Crippen LogP contribution in [0.15, 0.2) is 5.16 Å². The maximum absolute atomic E-state index is 8.26. The molecule has 0 aromatic carbocycles. The minimum Gasteiger partial charge on any atom is -0.409 e. The van der Waals surface area contributed by atoms with Gasteiger partial charge in [0.2, 0.25) is 0 Å². The first-order chi connectivity index (χ1) is 6.33. The average molecular weight is 185 g/mol.